The highest BCUT2D eigenvalue weighted by atomic mass is 32.1. The Kier molecular flexibility index (Phi) is 5.12. The molecule has 1 saturated carbocycles. The van der Waals surface area contributed by atoms with E-state index in [2.05, 4.69) is 10.3 Å². The molecule has 0 bridgehead atoms. The molecule has 1 aromatic heterocycles. The highest BCUT2D eigenvalue weighted by Gasteiger charge is 2.55. The molecule has 4 amide bonds. The van der Waals surface area contributed by atoms with Gasteiger partial charge in [-0.1, -0.05) is 49.1 Å². The summed E-state index contributed by atoms with van der Waals surface area (Å²) in [7, 11) is 1.66. The molecule has 1 aliphatic carbocycles. The molecule has 1 spiro atoms. The highest BCUT2D eigenvalue weighted by molar-refractivity contribution is 7.14. The topological polar surface area (TPSA) is 82.6 Å². The number of urea groups is 1. The number of hydrogen-bond acceptors (Lipinski definition) is 5. The van der Waals surface area contributed by atoms with Crippen LogP contribution in [0.3, 0.4) is 0 Å². The van der Waals surface area contributed by atoms with Gasteiger partial charge in [-0.15, -0.1) is 11.3 Å². The predicted octanol–water partition coefficient (Wildman–Crippen LogP) is 3.65. The molecule has 1 saturated heterocycles. The molecule has 4 rings (SSSR count). The van der Waals surface area contributed by atoms with E-state index in [-0.39, 0.29) is 12.5 Å². The maximum absolute atomic E-state index is 13.0. The SMILES string of the molecule is Cc1ccc(-c2csc(NC(=O)CN3C(=O)N(C)C4(CCCCC4)C3=O)n2)cc1. The quantitative estimate of drug-likeness (QED) is 0.777. The van der Waals surface area contributed by atoms with Crippen molar-refractivity contribution in [3.63, 3.8) is 0 Å². The molecule has 0 radical (unpaired) electrons. The number of rotatable bonds is 4. The Balaban J connectivity index is 1.43. The van der Waals surface area contributed by atoms with Crippen LogP contribution in [0.25, 0.3) is 11.3 Å². The van der Waals surface area contributed by atoms with E-state index in [4.69, 9.17) is 0 Å². The molecule has 0 atom stereocenters. The molecule has 29 heavy (non-hydrogen) atoms. The fourth-order valence-electron chi connectivity index (χ4n) is 4.16. The fourth-order valence-corrected chi connectivity index (χ4v) is 4.90. The summed E-state index contributed by atoms with van der Waals surface area (Å²) in [5.74, 6) is -0.669. The number of likely N-dealkylation sites (N-methyl/N-ethyl adjacent to an activating group) is 1. The van der Waals surface area contributed by atoms with Crippen molar-refractivity contribution in [1.29, 1.82) is 0 Å². The Morgan fingerprint density at radius 1 is 1.17 bits per heavy atom. The summed E-state index contributed by atoms with van der Waals surface area (Å²) >= 11 is 1.32. The number of aromatic nitrogens is 1. The lowest BCUT2D eigenvalue weighted by Crippen LogP contribution is -2.49. The molecule has 2 aromatic rings. The van der Waals surface area contributed by atoms with Crippen molar-refractivity contribution in [2.75, 3.05) is 18.9 Å². The zero-order valence-electron chi connectivity index (χ0n) is 16.6. The van der Waals surface area contributed by atoms with Crippen molar-refractivity contribution in [1.82, 2.24) is 14.8 Å². The standard InChI is InChI=1S/C21H24N4O3S/c1-14-6-8-15(9-7-14)16-13-29-19(22-16)23-17(26)12-25-18(27)21(24(2)20(25)28)10-4-3-5-11-21/h6-9,13H,3-5,10-12H2,1-2H3,(H,22,23,26). The number of benzene rings is 1. The molecular formula is C21H24N4O3S. The first-order valence-corrected chi connectivity index (χ1v) is 10.7. The number of hydrogen-bond donors (Lipinski definition) is 1. The minimum Gasteiger partial charge on any atom is -0.313 e. The monoisotopic (exact) mass is 412 g/mol. The van der Waals surface area contributed by atoms with Gasteiger partial charge in [0.25, 0.3) is 5.91 Å². The van der Waals surface area contributed by atoms with Crippen LogP contribution in [0.15, 0.2) is 29.6 Å². The van der Waals surface area contributed by atoms with E-state index in [1.807, 2.05) is 36.6 Å². The van der Waals surface area contributed by atoms with Crippen molar-refractivity contribution in [3.05, 3.63) is 35.2 Å². The summed E-state index contributed by atoms with van der Waals surface area (Å²) in [4.78, 5) is 45.2. The summed E-state index contributed by atoms with van der Waals surface area (Å²) < 4.78 is 0. The second-order valence-electron chi connectivity index (χ2n) is 7.78. The van der Waals surface area contributed by atoms with Gasteiger partial charge in [-0.25, -0.2) is 9.78 Å². The second kappa shape index (κ2) is 7.59. The maximum Gasteiger partial charge on any atom is 0.327 e. The van der Waals surface area contributed by atoms with Crippen LogP contribution in [0.4, 0.5) is 9.93 Å². The maximum atomic E-state index is 13.0. The summed E-state index contributed by atoms with van der Waals surface area (Å²) in [6, 6.07) is 7.59. The van der Waals surface area contributed by atoms with E-state index in [1.54, 1.807) is 7.05 Å². The van der Waals surface area contributed by atoms with Gasteiger partial charge in [0.1, 0.15) is 12.1 Å². The Morgan fingerprint density at radius 3 is 2.55 bits per heavy atom. The van der Waals surface area contributed by atoms with Crippen LogP contribution in [0, 0.1) is 6.92 Å². The summed E-state index contributed by atoms with van der Waals surface area (Å²) in [5.41, 5.74) is 2.14. The molecule has 0 unspecified atom stereocenters. The molecule has 2 heterocycles. The summed E-state index contributed by atoms with van der Waals surface area (Å²) in [6.07, 6.45) is 4.25. The molecule has 2 fully saturated rings. The van der Waals surface area contributed by atoms with Crippen LogP contribution in [0.5, 0.6) is 0 Å². The average molecular weight is 413 g/mol. The first-order valence-electron chi connectivity index (χ1n) is 9.83. The Morgan fingerprint density at radius 2 is 1.86 bits per heavy atom. The van der Waals surface area contributed by atoms with Gasteiger partial charge in [0.2, 0.25) is 5.91 Å². The molecule has 8 heteroatoms. The largest absolute Gasteiger partial charge is 0.327 e. The van der Waals surface area contributed by atoms with Crippen molar-refractivity contribution in [3.8, 4) is 11.3 Å². The third kappa shape index (κ3) is 3.53. The van der Waals surface area contributed by atoms with E-state index < -0.39 is 17.5 Å². The Labute approximate surface area is 173 Å². The molecule has 1 aliphatic heterocycles. The second-order valence-corrected chi connectivity index (χ2v) is 8.64. The summed E-state index contributed by atoms with van der Waals surface area (Å²) in [6.45, 7) is 1.73. The third-order valence-corrected chi connectivity index (χ3v) is 6.64. The van der Waals surface area contributed by atoms with E-state index in [1.165, 1.54) is 16.2 Å². The predicted molar refractivity (Wildman–Crippen MR) is 112 cm³/mol. The number of nitrogens with zero attached hydrogens (tertiary/aromatic N) is 3. The minimum absolute atomic E-state index is 0.251. The van der Waals surface area contributed by atoms with Gasteiger partial charge in [-0.3, -0.25) is 14.5 Å². The number of imide groups is 1. The fraction of sp³-hybridized carbons (Fsp3) is 0.429. The lowest BCUT2D eigenvalue weighted by atomic mass is 9.81. The van der Waals surface area contributed by atoms with Gasteiger partial charge in [0.15, 0.2) is 5.13 Å². The zero-order chi connectivity index (χ0) is 20.6. The van der Waals surface area contributed by atoms with Gasteiger partial charge in [-0.2, -0.15) is 0 Å². The molecule has 152 valence electrons. The van der Waals surface area contributed by atoms with Crippen LogP contribution in [-0.2, 0) is 9.59 Å². The lowest BCUT2D eigenvalue weighted by Gasteiger charge is -2.35. The van der Waals surface area contributed by atoms with Gasteiger partial charge >= 0.3 is 6.03 Å². The van der Waals surface area contributed by atoms with Crippen LogP contribution in [0.2, 0.25) is 0 Å². The average Bonchev–Trinajstić information content (AvgIpc) is 3.24. The Hall–Kier alpha value is -2.74. The van der Waals surface area contributed by atoms with Gasteiger partial charge in [0, 0.05) is 18.0 Å². The molecule has 1 aromatic carbocycles. The van der Waals surface area contributed by atoms with Gasteiger partial charge in [0.05, 0.1) is 5.69 Å². The number of carbonyl (C=O) groups excluding carboxylic acids is 3. The van der Waals surface area contributed by atoms with E-state index >= 15 is 0 Å². The van der Waals surface area contributed by atoms with Gasteiger partial charge < -0.3 is 10.2 Å². The van der Waals surface area contributed by atoms with Crippen molar-refractivity contribution < 1.29 is 14.4 Å². The normalized spacial score (nSPS) is 18.6. The highest BCUT2D eigenvalue weighted by Crippen LogP contribution is 2.39. The van der Waals surface area contributed by atoms with Crippen LogP contribution >= 0.6 is 11.3 Å². The number of carbonyl (C=O) groups is 3. The molecule has 2 aliphatic rings. The van der Waals surface area contributed by atoms with E-state index in [0.29, 0.717) is 18.0 Å². The minimum atomic E-state index is -0.768. The van der Waals surface area contributed by atoms with Crippen LogP contribution < -0.4 is 5.32 Å². The number of amides is 4. The zero-order valence-corrected chi connectivity index (χ0v) is 17.4. The van der Waals surface area contributed by atoms with Crippen molar-refractivity contribution >= 4 is 34.3 Å². The summed E-state index contributed by atoms with van der Waals surface area (Å²) in [5, 5.41) is 5.04. The van der Waals surface area contributed by atoms with E-state index in [0.717, 1.165) is 41.0 Å². The lowest BCUT2D eigenvalue weighted by molar-refractivity contribution is -0.136. The molecule has 7 nitrogen and oxygen atoms in total. The number of thiazole rings is 1. The van der Waals surface area contributed by atoms with Crippen LogP contribution in [0.1, 0.15) is 37.7 Å². The third-order valence-electron chi connectivity index (χ3n) is 5.88. The molecule has 1 N–H and O–H groups in total. The number of anilines is 1. The number of nitrogens with one attached hydrogen (secondary N) is 1. The number of aryl methyl sites for hydroxylation is 1. The first kappa shape index (κ1) is 19.6. The van der Waals surface area contributed by atoms with Crippen LogP contribution in [-0.4, -0.2) is 51.8 Å². The molecular weight excluding hydrogens is 388 g/mol. The van der Waals surface area contributed by atoms with Gasteiger partial charge in [-0.05, 0) is 19.8 Å². The van der Waals surface area contributed by atoms with Crippen molar-refractivity contribution in [2.24, 2.45) is 0 Å². The first-order chi connectivity index (χ1) is 13.9. The van der Waals surface area contributed by atoms with E-state index in [9.17, 15) is 14.4 Å². The Bertz CT molecular complexity index is 947. The smallest absolute Gasteiger partial charge is 0.313 e. The van der Waals surface area contributed by atoms with Crippen molar-refractivity contribution in [2.45, 2.75) is 44.6 Å².